The fourth-order valence-corrected chi connectivity index (χ4v) is 11.4. The van der Waals surface area contributed by atoms with Gasteiger partial charge in [-0.3, -0.25) is 0 Å². The molecule has 0 unspecified atom stereocenters. The van der Waals surface area contributed by atoms with Crippen molar-refractivity contribution in [3.63, 3.8) is 0 Å². The van der Waals surface area contributed by atoms with Gasteiger partial charge in [-0.2, -0.15) is 0 Å². The smallest absolute Gasteiger partial charge is 0.0790 e. The second-order valence-electron chi connectivity index (χ2n) is 8.76. The number of fused-ring (bicyclic) bond motifs is 3. The number of benzene rings is 3. The van der Waals surface area contributed by atoms with Gasteiger partial charge in [0, 0.05) is 0 Å². The summed E-state index contributed by atoms with van der Waals surface area (Å²) < 4.78 is 0. The zero-order valence-corrected chi connectivity index (χ0v) is 17.6. The molecule has 0 fully saturated rings. The lowest BCUT2D eigenvalue weighted by atomic mass is 10.1. The van der Waals surface area contributed by atoms with E-state index in [-0.39, 0.29) is 0 Å². The highest BCUT2D eigenvalue weighted by Gasteiger charge is 2.51. The summed E-state index contributed by atoms with van der Waals surface area (Å²) in [6, 6.07) is 27.0. The summed E-state index contributed by atoms with van der Waals surface area (Å²) in [4.78, 5) is 0. The van der Waals surface area contributed by atoms with Gasteiger partial charge in [-0.25, -0.2) is 0 Å². The van der Waals surface area contributed by atoms with Crippen LogP contribution in [0.1, 0.15) is 50.0 Å². The van der Waals surface area contributed by atoms with E-state index in [9.17, 15) is 0 Å². The molecule has 0 spiro atoms. The summed E-state index contributed by atoms with van der Waals surface area (Å²) in [7, 11) is -1.96. The van der Waals surface area contributed by atoms with Crippen molar-refractivity contribution in [2.75, 3.05) is 0 Å². The Morgan fingerprint density at radius 2 is 0.793 bits per heavy atom. The third kappa shape index (κ3) is 2.37. The van der Waals surface area contributed by atoms with Crippen molar-refractivity contribution in [2.24, 2.45) is 0 Å². The van der Waals surface area contributed by atoms with Crippen LogP contribution in [0.15, 0.2) is 91.0 Å². The first-order valence-electron chi connectivity index (χ1n) is 10.6. The molecule has 3 aliphatic rings. The van der Waals surface area contributed by atoms with Crippen molar-refractivity contribution < 1.29 is 0 Å². The molecule has 0 bridgehead atoms. The van der Waals surface area contributed by atoms with Crippen molar-refractivity contribution in [1.82, 2.24) is 0 Å². The van der Waals surface area contributed by atoms with Crippen LogP contribution in [-0.4, -0.2) is 8.07 Å². The van der Waals surface area contributed by atoms with Crippen molar-refractivity contribution in [3.8, 4) is 0 Å². The molecule has 0 saturated carbocycles. The predicted octanol–water partition coefficient (Wildman–Crippen LogP) is 7.11. The molecule has 1 heteroatoms. The first kappa shape index (κ1) is 17.0. The van der Waals surface area contributed by atoms with E-state index in [4.69, 9.17) is 0 Å². The second-order valence-corrected chi connectivity index (χ2v) is 13.4. The van der Waals surface area contributed by atoms with Crippen molar-refractivity contribution in [1.29, 1.82) is 0 Å². The third-order valence-electron chi connectivity index (χ3n) is 7.41. The summed E-state index contributed by atoms with van der Waals surface area (Å²) >= 11 is 0. The van der Waals surface area contributed by atoms with Gasteiger partial charge in [-0.05, 0) is 50.0 Å². The Morgan fingerprint density at radius 3 is 1.14 bits per heavy atom. The largest absolute Gasteiger partial charge is 0.0859 e. The van der Waals surface area contributed by atoms with E-state index < -0.39 is 8.07 Å². The molecule has 0 N–H and O–H groups in total. The molecule has 3 aliphatic carbocycles. The molecular weight excluding hydrogens is 364 g/mol. The van der Waals surface area contributed by atoms with Crippen molar-refractivity contribution >= 4 is 26.3 Å². The molecule has 3 aromatic rings. The molecule has 0 heterocycles. The van der Waals surface area contributed by atoms with Gasteiger partial charge in [0.05, 0.1) is 8.07 Å². The highest BCUT2D eigenvalue weighted by atomic mass is 28.3. The van der Waals surface area contributed by atoms with Gasteiger partial charge in [0.1, 0.15) is 0 Å². The Hall–Kier alpha value is -2.90. The molecule has 0 amide bonds. The van der Waals surface area contributed by atoms with Gasteiger partial charge >= 0.3 is 0 Å². The topological polar surface area (TPSA) is 0 Å². The number of allylic oxidation sites excluding steroid dienone is 3. The highest BCUT2D eigenvalue weighted by molar-refractivity contribution is 6.84. The van der Waals surface area contributed by atoms with Gasteiger partial charge in [0.25, 0.3) is 0 Å². The van der Waals surface area contributed by atoms with E-state index in [0.29, 0.717) is 16.6 Å². The SMILES string of the molecule is C[Si]([C@@H]1C=Cc2ccccc21)([C@@H]1C=Cc2ccccc21)[C@H]1C=Cc2ccccc21. The molecule has 0 aliphatic heterocycles. The molecule has 0 saturated heterocycles. The normalized spacial score (nSPS) is 23.3. The molecular formula is C28H24Si. The Morgan fingerprint density at radius 1 is 0.483 bits per heavy atom. The summed E-state index contributed by atoms with van der Waals surface area (Å²) in [5.41, 5.74) is 10.3. The monoisotopic (exact) mass is 388 g/mol. The van der Waals surface area contributed by atoms with Crippen LogP contribution in [0.3, 0.4) is 0 Å². The van der Waals surface area contributed by atoms with Crippen LogP contribution >= 0.6 is 0 Å². The summed E-state index contributed by atoms with van der Waals surface area (Å²) in [5, 5.41) is 0. The van der Waals surface area contributed by atoms with Crippen LogP contribution in [0.25, 0.3) is 18.2 Å². The van der Waals surface area contributed by atoms with Crippen LogP contribution in [0.4, 0.5) is 0 Å². The van der Waals surface area contributed by atoms with Crippen LogP contribution < -0.4 is 0 Å². The maximum absolute atomic E-state index is 2.65. The van der Waals surface area contributed by atoms with E-state index in [1.807, 2.05) is 0 Å². The maximum atomic E-state index is 2.65. The lowest BCUT2D eigenvalue weighted by molar-refractivity contribution is 0.958. The van der Waals surface area contributed by atoms with Crippen LogP contribution in [0.2, 0.25) is 6.55 Å². The average molecular weight is 389 g/mol. The molecule has 3 aromatic carbocycles. The fourth-order valence-electron chi connectivity index (χ4n) is 5.96. The minimum absolute atomic E-state index is 0.514. The van der Waals surface area contributed by atoms with Crippen LogP contribution in [0.5, 0.6) is 0 Å². The van der Waals surface area contributed by atoms with Gasteiger partial charge in [0.2, 0.25) is 0 Å². The molecule has 3 atom stereocenters. The molecule has 140 valence electrons. The zero-order chi connectivity index (χ0) is 19.4. The van der Waals surface area contributed by atoms with E-state index in [1.165, 1.54) is 33.4 Å². The fraction of sp³-hybridized carbons (Fsp3) is 0.143. The second kappa shape index (κ2) is 6.30. The summed E-state index contributed by atoms with van der Waals surface area (Å²) in [5.74, 6) is 0. The molecule has 0 aromatic heterocycles. The van der Waals surface area contributed by atoms with E-state index >= 15 is 0 Å². The minimum atomic E-state index is -1.96. The Balaban J connectivity index is 1.57. The van der Waals surface area contributed by atoms with Crippen molar-refractivity contribution in [3.05, 3.63) is 124 Å². The summed E-state index contributed by atoms with van der Waals surface area (Å²) in [6.45, 7) is 2.65. The maximum Gasteiger partial charge on any atom is 0.0859 e. The van der Waals surface area contributed by atoms with E-state index in [2.05, 4.69) is 116 Å². The number of rotatable bonds is 3. The first-order chi connectivity index (χ1) is 14.3. The first-order valence-corrected chi connectivity index (χ1v) is 13.3. The lowest BCUT2D eigenvalue weighted by Gasteiger charge is -2.43. The zero-order valence-electron chi connectivity index (χ0n) is 16.6. The third-order valence-corrected chi connectivity index (χ3v) is 12.9. The number of hydrogen-bond acceptors (Lipinski definition) is 0. The molecule has 29 heavy (non-hydrogen) atoms. The standard InChI is InChI=1S/C28H24Si/c1-29(26-17-14-20-8-2-5-11-23(20)26,27-18-15-21-9-3-6-12-24(21)27)28-19-16-22-10-4-7-13-25(22)28/h2-19,26-28H,1H3/t26-,27-,28+/m1/s1. The highest BCUT2D eigenvalue weighted by Crippen LogP contribution is 2.54. The average Bonchev–Trinajstić information content (AvgIpc) is 3.49. The lowest BCUT2D eigenvalue weighted by Crippen LogP contribution is -2.48. The van der Waals surface area contributed by atoms with Crippen LogP contribution in [-0.2, 0) is 0 Å². The van der Waals surface area contributed by atoms with Gasteiger partial charge in [-0.15, -0.1) is 0 Å². The molecule has 6 rings (SSSR count). The summed E-state index contributed by atoms with van der Waals surface area (Å²) in [6.07, 6.45) is 14.6. The van der Waals surface area contributed by atoms with Gasteiger partial charge in [-0.1, -0.05) is 116 Å². The van der Waals surface area contributed by atoms with Crippen LogP contribution in [0, 0.1) is 0 Å². The van der Waals surface area contributed by atoms with Crippen molar-refractivity contribution in [2.45, 2.75) is 23.2 Å². The van der Waals surface area contributed by atoms with Gasteiger partial charge in [0.15, 0.2) is 0 Å². The molecule has 0 nitrogen and oxygen atoms in total. The Labute approximate surface area is 173 Å². The van der Waals surface area contributed by atoms with Gasteiger partial charge < -0.3 is 0 Å². The molecule has 0 radical (unpaired) electrons. The Bertz CT molecular complexity index is 1050. The van der Waals surface area contributed by atoms with E-state index in [1.54, 1.807) is 0 Å². The predicted molar refractivity (Wildman–Crippen MR) is 126 cm³/mol. The minimum Gasteiger partial charge on any atom is -0.0790 e. The Kier molecular flexibility index (Phi) is 3.69. The van der Waals surface area contributed by atoms with E-state index in [0.717, 1.165) is 0 Å². The number of hydrogen-bond donors (Lipinski definition) is 0. The quantitative estimate of drug-likeness (QED) is 0.419.